The minimum atomic E-state index is -0.00675. The minimum Gasteiger partial charge on any atom is -0.361 e. The molecule has 1 amide bonds. The fourth-order valence-electron chi connectivity index (χ4n) is 1.37. The summed E-state index contributed by atoms with van der Waals surface area (Å²) < 4.78 is 0. The zero-order valence-electron chi connectivity index (χ0n) is 9.90. The molecule has 17 heavy (non-hydrogen) atoms. The van der Waals surface area contributed by atoms with Crippen LogP contribution in [0, 0.1) is 0 Å². The fraction of sp³-hybridized carbons (Fsp3) is 0.545. The zero-order valence-corrected chi connectivity index (χ0v) is 10.7. The normalized spacial score (nSPS) is 14.5. The van der Waals surface area contributed by atoms with Gasteiger partial charge in [-0.05, 0) is 12.8 Å². The number of halogens is 1. The Morgan fingerprint density at radius 1 is 1.53 bits per heavy atom. The molecule has 2 rings (SSSR count). The average Bonchev–Trinajstić information content (AvgIpc) is 3.08. The first-order valence-corrected chi connectivity index (χ1v) is 5.92. The lowest BCUT2D eigenvalue weighted by Crippen LogP contribution is -2.28. The average molecular weight is 255 g/mol. The summed E-state index contributed by atoms with van der Waals surface area (Å²) in [4.78, 5) is 21.5. The number of nitrogens with one attached hydrogen (secondary N) is 1. The van der Waals surface area contributed by atoms with E-state index in [1.165, 1.54) is 4.90 Å². The number of carbonyl (C=O) groups excluding carboxylic acids is 1. The standard InChI is InChI=1S/C11H15ClN4O/c1-16(2)10(17)6-13-9-5-8(12)14-11(15-9)7-3-4-7/h5,7H,3-4,6H2,1-2H3,(H,13,14,15). The number of anilines is 1. The number of hydrogen-bond acceptors (Lipinski definition) is 4. The Labute approximate surface area is 105 Å². The van der Waals surface area contributed by atoms with E-state index in [4.69, 9.17) is 11.6 Å². The van der Waals surface area contributed by atoms with Crippen LogP contribution in [0.2, 0.25) is 5.15 Å². The second-order valence-electron chi connectivity index (χ2n) is 4.35. The van der Waals surface area contributed by atoms with E-state index in [1.807, 2.05) is 0 Å². The lowest BCUT2D eigenvalue weighted by atomic mass is 10.4. The quantitative estimate of drug-likeness (QED) is 0.828. The molecule has 0 saturated heterocycles. The summed E-state index contributed by atoms with van der Waals surface area (Å²) in [6.07, 6.45) is 2.24. The van der Waals surface area contributed by atoms with Crippen molar-refractivity contribution in [1.29, 1.82) is 0 Å². The van der Waals surface area contributed by atoms with E-state index in [0.717, 1.165) is 18.7 Å². The van der Waals surface area contributed by atoms with Gasteiger partial charge < -0.3 is 10.2 Å². The number of carbonyl (C=O) groups is 1. The van der Waals surface area contributed by atoms with Crippen molar-refractivity contribution in [2.75, 3.05) is 26.0 Å². The van der Waals surface area contributed by atoms with Crippen molar-refractivity contribution in [3.05, 3.63) is 17.0 Å². The molecule has 0 aromatic carbocycles. The summed E-state index contributed by atoms with van der Waals surface area (Å²) in [5, 5.41) is 3.38. The Bertz CT molecular complexity index is 431. The Morgan fingerprint density at radius 2 is 2.24 bits per heavy atom. The predicted octanol–water partition coefficient (Wildman–Crippen LogP) is 1.51. The topological polar surface area (TPSA) is 58.1 Å². The Balaban J connectivity index is 2.02. The number of rotatable bonds is 4. The molecular formula is C11H15ClN4O. The smallest absolute Gasteiger partial charge is 0.241 e. The van der Waals surface area contributed by atoms with E-state index < -0.39 is 0 Å². The SMILES string of the molecule is CN(C)C(=O)CNc1cc(Cl)nc(C2CC2)n1. The van der Waals surface area contributed by atoms with Crippen LogP contribution in [-0.2, 0) is 4.79 Å². The van der Waals surface area contributed by atoms with Crippen LogP contribution in [0.3, 0.4) is 0 Å². The van der Waals surface area contributed by atoms with Crippen molar-refractivity contribution in [2.24, 2.45) is 0 Å². The van der Waals surface area contributed by atoms with Crippen molar-refractivity contribution >= 4 is 23.3 Å². The molecule has 0 bridgehead atoms. The molecule has 0 aliphatic heterocycles. The molecule has 1 saturated carbocycles. The van der Waals surface area contributed by atoms with Crippen LogP contribution in [0.4, 0.5) is 5.82 Å². The first-order chi connectivity index (χ1) is 8.06. The summed E-state index contributed by atoms with van der Waals surface area (Å²) in [5.41, 5.74) is 0. The maximum atomic E-state index is 11.4. The second-order valence-corrected chi connectivity index (χ2v) is 4.74. The van der Waals surface area contributed by atoms with E-state index in [-0.39, 0.29) is 12.5 Å². The summed E-state index contributed by atoms with van der Waals surface area (Å²) in [6, 6.07) is 1.64. The van der Waals surface area contributed by atoms with Crippen LogP contribution < -0.4 is 5.32 Å². The molecule has 5 nitrogen and oxygen atoms in total. The highest BCUT2D eigenvalue weighted by Gasteiger charge is 2.27. The molecule has 6 heteroatoms. The molecule has 1 aliphatic rings. The largest absolute Gasteiger partial charge is 0.361 e. The van der Waals surface area contributed by atoms with Crippen molar-refractivity contribution in [1.82, 2.24) is 14.9 Å². The Morgan fingerprint density at radius 3 is 2.82 bits per heavy atom. The van der Waals surface area contributed by atoms with Crippen LogP contribution in [0.5, 0.6) is 0 Å². The van der Waals surface area contributed by atoms with Gasteiger partial charge in [-0.2, -0.15) is 0 Å². The molecule has 0 radical (unpaired) electrons. The van der Waals surface area contributed by atoms with Gasteiger partial charge in [-0.15, -0.1) is 0 Å². The van der Waals surface area contributed by atoms with Gasteiger partial charge in [0, 0.05) is 26.1 Å². The van der Waals surface area contributed by atoms with E-state index in [0.29, 0.717) is 16.9 Å². The molecular weight excluding hydrogens is 240 g/mol. The summed E-state index contributed by atoms with van der Waals surface area (Å²) in [7, 11) is 3.43. The third-order valence-electron chi connectivity index (χ3n) is 2.57. The highest BCUT2D eigenvalue weighted by Crippen LogP contribution is 2.38. The molecule has 0 spiro atoms. The maximum absolute atomic E-state index is 11.4. The third-order valence-corrected chi connectivity index (χ3v) is 2.77. The Kier molecular flexibility index (Phi) is 3.47. The van der Waals surface area contributed by atoms with Gasteiger partial charge in [0.05, 0.1) is 6.54 Å². The van der Waals surface area contributed by atoms with Gasteiger partial charge in [-0.1, -0.05) is 11.6 Å². The van der Waals surface area contributed by atoms with E-state index in [9.17, 15) is 4.79 Å². The van der Waals surface area contributed by atoms with Crippen LogP contribution in [0.15, 0.2) is 6.07 Å². The lowest BCUT2D eigenvalue weighted by Gasteiger charge is -2.11. The molecule has 0 atom stereocenters. The molecule has 1 aromatic rings. The number of aromatic nitrogens is 2. The molecule has 1 N–H and O–H groups in total. The molecule has 1 aromatic heterocycles. The van der Waals surface area contributed by atoms with Gasteiger partial charge >= 0.3 is 0 Å². The molecule has 1 fully saturated rings. The van der Waals surface area contributed by atoms with Crippen molar-refractivity contribution in [2.45, 2.75) is 18.8 Å². The van der Waals surface area contributed by atoms with Gasteiger partial charge in [0.15, 0.2) is 0 Å². The highest BCUT2D eigenvalue weighted by atomic mass is 35.5. The molecule has 0 unspecified atom stereocenters. The first kappa shape index (κ1) is 12.1. The summed E-state index contributed by atoms with van der Waals surface area (Å²) in [5.74, 6) is 1.82. The monoisotopic (exact) mass is 254 g/mol. The summed E-state index contributed by atoms with van der Waals surface area (Å²) >= 11 is 5.91. The Hall–Kier alpha value is -1.36. The number of amides is 1. The third kappa shape index (κ3) is 3.30. The van der Waals surface area contributed by atoms with Crippen molar-refractivity contribution in [3.8, 4) is 0 Å². The van der Waals surface area contributed by atoms with E-state index >= 15 is 0 Å². The van der Waals surface area contributed by atoms with Crippen LogP contribution in [0.25, 0.3) is 0 Å². The summed E-state index contributed by atoms with van der Waals surface area (Å²) in [6.45, 7) is 0.213. The zero-order chi connectivity index (χ0) is 12.4. The predicted molar refractivity (Wildman–Crippen MR) is 66.2 cm³/mol. The van der Waals surface area contributed by atoms with Crippen molar-refractivity contribution in [3.63, 3.8) is 0 Å². The van der Waals surface area contributed by atoms with Gasteiger partial charge in [0.25, 0.3) is 0 Å². The number of hydrogen-bond donors (Lipinski definition) is 1. The lowest BCUT2D eigenvalue weighted by molar-refractivity contribution is -0.126. The number of nitrogens with zero attached hydrogens (tertiary/aromatic N) is 3. The van der Waals surface area contributed by atoms with Gasteiger partial charge in [-0.25, -0.2) is 9.97 Å². The van der Waals surface area contributed by atoms with E-state index in [1.54, 1.807) is 20.2 Å². The van der Waals surface area contributed by atoms with Crippen LogP contribution in [0.1, 0.15) is 24.6 Å². The van der Waals surface area contributed by atoms with Crippen LogP contribution in [-0.4, -0.2) is 41.4 Å². The van der Waals surface area contributed by atoms with Gasteiger partial charge in [0.1, 0.15) is 16.8 Å². The molecule has 1 heterocycles. The molecule has 1 aliphatic carbocycles. The van der Waals surface area contributed by atoms with Crippen LogP contribution >= 0.6 is 11.6 Å². The first-order valence-electron chi connectivity index (χ1n) is 5.55. The minimum absolute atomic E-state index is 0.00675. The highest BCUT2D eigenvalue weighted by molar-refractivity contribution is 6.29. The fourth-order valence-corrected chi connectivity index (χ4v) is 1.56. The van der Waals surface area contributed by atoms with Gasteiger partial charge in [0.2, 0.25) is 5.91 Å². The van der Waals surface area contributed by atoms with Crippen molar-refractivity contribution < 1.29 is 4.79 Å². The molecule has 92 valence electrons. The number of likely N-dealkylation sites (N-methyl/N-ethyl adjacent to an activating group) is 1. The van der Waals surface area contributed by atoms with Gasteiger partial charge in [-0.3, -0.25) is 4.79 Å². The second kappa shape index (κ2) is 4.87. The van der Waals surface area contributed by atoms with E-state index in [2.05, 4.69) is 15.3 Å². The maximum Gasteiger partial charge on any atom is 0.241 e.